The summed E-state index contributed by atoms with van der Waals surface area (Å²) in [5, 5.41) is 1.08. The van der Waals surface area contributed by atoms with E-state index >= 15 is 0 Å². The Hall–Kier alpha value is -3.47. The van der Waals surface area contributed by atoms with Crippen LogP contribution in [0.25, 0.3) is 33.3 Å². The van der Waals surface area contributed by atoms with Crippen LogP contribution >= 0.6 is 0 Å². The second-order valence-electron chi connectivity index (χ2n) is 6.76. The summed E-state index contributed by atoms with van der Waals surface area (Å²) in [5.41, 5.74) is 6.80. The lowest BCUT2D eigenvalue weighted by atomic mass is 9.99. The van der Waals surface area contributed by atoms with Crippen LogP contribution in [0.1, 0.15) is 16.1 Å². The number of amides is 1. The normalized spacial score (nSPS) is 10.9. The predicted octanol–water partition coefficient (Wildman–Crippen LogP) is 4.30. The van der Waals surface area contributed by atoms with Gasteiger partial charge < -0.3 is 9.88 Å². The quantitative estimate of drug-likeness (QED) is 0.595. The molecule has 0 bridgehead atoms. The molecule has 1 N–H and O–H groups in total. The van der Waals surface area contributed by atoms with Crippen LogP contribution in [0.5, 0.6) is 0 Å². The highest BCUT2D eigenvalue weighted by molar-refractivity contribution is 5.96. The Labute approximate surface area is 157 Å². The van der Waals surface area contributed by atoms with Crippen LogP contribution in [-0.4, -0.2) is 39.9 Å². The minimum Gasteiger partial charge on any atom is -0.345 e. The van der Waals surface area contributed by atoms with E-state index in [2.05, 4.69) is 27.1 Å². The van der Waals surface area contributed by atoms with Crippen LogP contribution in [0.3, 0.4) is 0 Å². The van der Waals surface area contributed by atoms with Gasteiger partial charge in [0.05, 0.1) is 0 Å². The van der Waals surface area contributed by atoms with Crippen LogP contribution in [0, 0.1) is 6.92 Å². The van der Waals surface area contributed by atoms with Crippen molar-refractivity contribution in [2.24, 2.45) is 0 Å². The largest absolute Gasteiger partial charge is 0.345 e. The first-order valence-electron chi connectivity index (χ1n) is 8.75. The molecular formula is C22H20N4O. The van der Waals surface area contributed by atoms with Gasteiger partial charge in [-0.2, -0.15) is 0 Å². The Balaban J connectivity index is 1.75. The van der Waals surface area contributed by atoms with Gasteiger partial charge in [0, 0.05) is 66.0 Å². The first-order chi connectivity index (χ1) is 13.0. The molecule has 0 radical (unpaired) electrons. The molecule has 5 nitrogen and oxygen atoms in total. The van der Waals surface area contributed by atoms with Crippen molar-refractivity contribution in [1.82, 2.24) is 19.9 Å². The van der Waals surface area contributed by atoms with Crippen molar-refractivity contribution >= 4 is 16.9 Å². The highest BCUT2D eigenvalue weighted by Crippen LogP contribution is 2.33. The highest BCUT2D eigenvalue weighted by atomic mass is 16.2. The van der Waals surface area contributed by atoms with Gasteiger partial charge in [-0.25, -0.2) is 4.98 Å². The number of H-pyrrole nitrogens is 1. The molecule has 0 saturated heterocycles. The summed E-state index contributed by atoms with van der Waals surface area (Å²) in [6, 6.07) is 13.8. The second kappa shape index (κ2) is 6.68. The monoisotopic (exact) mass is 356 g/mol. The molecule has 1 aromatic carbocycles. The lowest BCUT2D eigenvalue weighted by molar-refractivity contribution is 0.0827. The number of aryl methyl sites for hydroxylation is 1. The van der Waals surface area contributed by atoms with E-state index in [9.17, 15) is 4.79 Å². The summed E-state index contributed by atoms with van der Waals surface area (Å²) in [4.78, 5) is 25.8. The van der Waals surface area contributed by atoms with E-state index in [-0.39, 0.29) is 5.91 Å². The second-order valence-corrected chi connectivity index (χ2v) is 6.76. The average molecular weight is 356 g/mol. The number of pyridine rings is 2. The number of carbonyl (C=O) groups excluding carboxylic acids is 1. The molecule has 3 aromatic heterocycles. The van der Waals surface area contributed by atoms with Crippen LogP contribution in [-0.2, 0) is 0 Å². The number of aromatic nitrogens is 3. The molecule has 4 rings (SSSR count). The molecule has 0 fully saturated rings. The Kier molecular flexibility index (Phi) is 4.20. The fraction of sp³-hybridized carbons (Fsp3) is 0.136. The molecule has 134 valence electrons. The van der Waals surface area contributed by atoms with Gasteiger partial charge in [0.1, 0.15) is 5.65 Å². The number of hydrogen-bond donors (Lipinski definition) is 1. The first kappa shape index (κ1) is 17.0. The molecule has 1 amide bonds. The minimum atomic E-state index is -0.00431. The van der Waals surface area contributed by atoms with Crippen molar-refractivity contribution in [2.75, 3.05) is 14.1 Å². The van der Waals surface area contributed by atoms with Crippen molar-refractivity contribution in [3.8, 4) is 22.3 Å². The third-order valence-electron chi connectivity index (χ3n) is 4.66. The summed E-state index contributed by atoms with van der Waals surface area (Å²) in [6.45, 7) is 2.05. The molecule has 0 aliphatic carbocycles. The average Bonchev–Trinajstić information content (AvgIpc) is 3.03. The van der Waals surface area contributed by atoms with Crippen LogP contribution in [0.2, 0.25) is 0 Å². The maximum Gasteiger partial charge on any atom is 0.253 e. The third kappa shape index (κ3) is 3.08. The number of fused-ring (bicyclic) bond motifs is 1. The number of hydrogen-bond acceptors (Lipinski definition) is 3. The Morgan fingerprint density at radius 2 is 1.74 bits per heavy atom. The molecule has 0 aliphatic rings. The lowest BCUT2D eigenvalue weighted by Crippen LogP contribution is -2.21. The molecular weight excluding hydrogens is 336 g/mol. The molecule has 27 heavy (non-hydrogen) atoms. The summed E-state index contributed by atoms with van der Waals surface area (Å²) in [5.74, 6) is -0.00431. The fourth-order valence-electron chi connectivity index (χ4n) is 3.32. The first-order valence-corrected chi connectivity index (χ1v) is 8.75. The number of aromatic amines is 1. The minimum absolute atomic E-state index is 0.00431. The number of carbonyl (C=O) groups is 1. The number of nitrogens with zero attached hydrogens (tertiary/aromatic N) is 3. The fourth-order valence-corrected chi connectivity index (χ4v) is 3.32. The van der Waals surface area contributed by atoms with Crippen molar-refractivity contribution in [3.05, 3.63) is 72.3 Å². The van der Waals surface area contributed by atoms with Crippen molar-refractivity contribution in [3.63, 3.8) is 0 Å². The summed E-state index contributed by atoms with van der Waals surface area (Å²) in [7, 11) is 3.50. The molecule has 0 atom stereocenters. The number of rotatable bonds is 3. The van der Waals surface area contributed by atoms with E-state index in [0.717, 1.165) is 39.0 Å². The van der Waals surface area contributed by atoms with Gasteiger partial charge in [-0.05, 0) is 42.8 Å². The zero-order chi connectivity index (χ0) is 19.0. The maximum absolute atomic E-state index is 12.1. The predicted molar refractivity (Wildman–Crippen MR) is 108 cm³/mol. The van der Waals surface area contributed by atoms with Gasteiger partial charge in [-0.3, -0.25) is 9.78 Å². The van der Waals surface area contributed by atoms with Crippen LogP contribution in [0.4, 0.5) is 0 Å². The van der Waals surface area contributed by atoms with Crippen LogP contribution < -0.4 is 0 Å². The Morgan fingerprint density at radius 1 is 1.00 bits per heavy atom. The van der Waals surface area contributed by atoms with E-state index in [1.807, 2.05) is 49.6 Å². The van der Waals surface area contributed by atoms with Gasteiger partial charge in [-0.15, -0.1) is 0 Å². The van der Waals surface area contributed by atoms with Crippen LogP contribution in [0.15, 0.2) is 61.1 Å². The smallest absolute Gasteiger partial charge is 0.253 e. The Morgan fingerprint density at radius 3 is 2.48 bits per heavy atom. The molecule has 0 spiro atoms. The number of benzene rings is 1. The van der Waals surface area contributed by atoms with E-state index in [1.165, 1.54) is 0 Å². The van der Waals surface area contributed by atoms with Crippen molar-refractivity contribution < 1.29 is 4.79 Å². The zero-order valence-electron chi connectivity index (χ0n) is 15.5. The summed E-state index contributed by atoms with van der Waals surface area (Å²) < 4.78 is 0. The molecule has 0 unspecified atom stereocenters. The lowest BCUT2D eigenvalue weighted by Gasteiger charge is -2.11. The van der Waals surface area contributed by atoms with E-state index in [1.54, 1.807) is 25.2 Å². The van der Waals surface area contributed by atoms with Gasteiger partial charge in [-0.1, -0.05) is 12.1 Å². The Bertz CT molecular complexity index is 1130. The molecule has 0 aliphatic heterocycles. The van der Waals surface area contributed by atoms with Gasteiger partial charge in [0.25, 0.3) is 5.91 Å². The maximum atomic E-state index is 12.1. The van der Waals surface area contributed by atoms with E-state index in [4.69, 9.17) is 0 Å². The standard InChI is InChI=1S/C22H20N4O/c1-14-20(19-5-4-10-24-21(19)25-14)18-11-17(12-23-13-18)15-6-8-16(9-7-15)22(27)26(2)3/h4-13H,1-3H3,(H,24,25). The van der Waals surface area contributed by atoms with E-state index < -0.39 is 0 Å². The summed E-state index contributed by atoms with van der Waals surface area (Å²) >= 11 is 0. The highest BCUT2D eigenvalue weighted by Gasteiger charge is 2.13. The van der Waals surface area contributed by atoms with Crippen molar-refractivity contribution in [2.45, 2.75) is 6.92 Å². The van der Waals surface area contributed by atoms with Gasteiger partial charge >= 0.3 is 0 Å². The SMILES string of the molecule is Cc1[nH]c2ncccc2c1-c1cncc(-c2ccc(C(=O)N(C)C)cc2)c1. The van der Waals surface area contributed by atoms with Gasteiger partial charge in [0.15, 0.2) is 0 Å². The zero-order valence-corrected chi connectivity index (χ0v) is 15.5. The molecule has 0 saturated carbocycles. The molecule has 3 heterocycles. The number of nitrogens with one attached hydrogen (secondary N) is 1. The molecule has 5 heteroatoms. The molecule has 4 aromatic rings. The van der Waals surface area contributed by atoms with E-state index in [0.29, 0.717) is 5.56 Å². The van der Waals surface area contributed by atoms with Gasteiger partial charge in [0.2, 0.25) is 0 Å². The topological polar surface area (TPSA) is 61.9 Å². The third-order valence-corrected chi connectivity index (χ3v) is 4.66. The van der Waals surface area contributed by atoms with Crippen molar-refractivity contribution in [1.29, 1.82) is 0 Å². The summed E-state index contributed by atoms with van der Waals surface area (Å²) in [6.07, 6.45) is 5.50.